The summed E-state index contributed by atoms with van der Waals surface area (Å²) in [6.07, 6.45) is 3.42. The van der Waals surface area contributed by atoms with E-state index in [1.165, 1.54) is 0 Å². The van der Waals surface area contributed by atoms with Gasteiger partial charge in [-0.25, -0.2) is 0 Å². The molecule has 1 N–H and O–H groups in total. The summed E-state index contributed by atoms with van der Waals surface area (Å²) in [6.45, 7) is 0. The molecule has 2 nitrogen and oxygen atoms in total. The zero-order valence-electron chi connectivity index (χ0n) is 7.31. The molecule has 1 atom stereocenters. The van der Waals surface area contributed by atoms with Crippen LogP contribution in [0.3, 0.4) is 0 Å². The number of furan rings is 1. The van der Waals surface area contributed by atoms with Crippen LogP contribution in [0.1, 0.15) is 17.2 Å². The molecule has 0 amide bonds. The molecule has 0 aliphatic heterocycles. The van der Waals surface area contributed by atoms with E-state index in [4.69, 9.17) is 4.42 Å². The maximum absolute atomic E-state index is 9.85. The second-order valence-corrected chi connectivity index (χ2v) is 5.33. The standard InChI is InChI=1S/C10H9BrO2S/c11-10-4-8(6-14-10)9(12)3-7-1-2-13-5-7/h1-2,4-6,9,12H,3H2. The molecule has 2 rings (SSSR count). The van der Waals surface area contributed by atoms with Crippen LogP contribution < -0.4 is 0 Å². The van der Waals surface area contributed by atoms with E-state index in [-0.39, 0.29) is 0 Å². The van der Waals surface area contributed by atoms with Crippen molar-refractivity contribution in [1.82, 2.24) is 0 Å². The summed E-state index contributed by atoms with van der Waals surface area (Å²) in [5.41, 5.74) is 1.96. The number of hydrogen-bond donors (Lipinski definition) is 1. The second kappa shape index (κ2) is 4.29. The van der Waals surface area contributed by atoms with Gasteiger partial charge in [0.25, 0.3) is 0 Å². The first-order valence-corrected chi connectivity index (χ1v) is 5.86. The van der Waals surface area contributed by atoms with Gasteiger partial charge in [0.1, 0.15) is 0 Å². The highest BCUT2D eigenvalue weighted by molar-refractivity contribution is 9.11. The van der Waals surface area contributed by atoms with E-state index in [0.717, 1.165) is 14.9 Å². The maximum Gasteiger partial charge on any atom is 0.0935 e. The van der Waals surface area contributed by atoms with Crippen LogP contribution in [0, 0.1) is 0 Å². The minimum atomic E-state index is -0.449. The van der Waals surface area contributed by atoms with Gasteiger partial charge in [0.2, 0.25) is 0 Å². The van der Waals surface area contributed by atoms with Gasteiger partial charge in [-0.1, -0.05) is 0 Å². The van der Waals surface area contributed by atoms with Crippen molar-refractivity contribution in [3.8, 4) is 0 Å². The molecule has 74 valence electrons. The van der Waals surface area contributed by atoms with Crippen LogP contribution in [0.2, 0.25) is 0 Å². The van der Waals surface area contributed by atoms with Crippen molar-refractivity contribution in [2.45, 2.75) is 12.5 Å². The van der Waals surface area contributed by atoms with Crippen LogP contribution in [-0.4, -0.2) is 5.11 Å². The Morgan fingerprint density at radius 3 is 3.00 bits per heavy atom. The molecule has 0 aliphatic carbocycles. The van der Waals surface area contributed by atoms with E-state index in [1.807, 2.05) is 17.5 Å². The molecule has 0 saturated carbocycles. The van der Waals surface area contributed by atoms with E-state index in [9.17, 15) is 5.11 Å². The molecule has 0 aromatic carbocycles. The monoisotopic (exact) mass is 272 g/mol. The minimum absolute atomic E-state index is 0.449. The summed E-state index contributed by atoms with van der Waals surface area (Å²) in [6, 6.07) is 3.81. The van der Waals surface area contributed by atoms with Gasteiger partial charge in [-0.05, 0) is 44.6 Å². The Kier molecular flexibility index (Phi) is 3.05. The van der Waals surface area contributed by atoms with Crippen molar-refractivity contribution in [2.24, 2.45) is 0 Å². The maximum atomic E-state index is 9.85. The van der Waals surface area contributed by atoms with E-state index in [2.05, 4.69) is 15.9 Å². The molecule has 0 radical (unpaired) electrons. The number of aliphatic hydroxyl groups excluding tert-OH is 1. The molecule has 0 saturated heterocycles. The molecule has 1 unspecified atom stereocenters. The molecule has 0 aliphatic rings. The van der Waals surface area contributed by atoms with Crippen molar-refractivity contribution < 1.29 is 9.52 Å². The predicted octanol–water partition coefficient (Wildman–Crippen LogP) is 3.38. The van der Waals surface area contributed by atoms with Crippen molar-refractivity contribution in [3.05, 3.63) is 45.0 Å². The fraction of sp³-hybridized carbons (Fsp3) is 0.200. The van der Waals surface area contributed by atoms with E-state index < -0.39 is 6.10 Å². The Morgan fingerprint density at radius 2 is 2.43 bits per heavy atom. The minimum Gasteiger partial charge on any atom is -0.472 e. The highest BCUT2D eigenvalue weighted by Crippen LogP contribution is 2.27. The number of hydrogen-bond acceptors (Lipinski definition) is 3. The number of thiophene rings is 1. The zero-order valence-corrected chi connectivity index (χ0v) is 9.72. The van der Waals surface area contributed by atoms with Gasteiger partial charge in [0.05, 0.1) is 22.4 Å². The van der Waals surface area contributed by atoms with Crippen LogP contribution in [0.5, 0.6) is 0 Å². The van der Waals surface area contributed by atoms with Crippen molar-refractivity contribution in [1.29, 1.82) is 0 Å². The van der Waals surface area contributed by atoms with Crippen LogP contribution >= 0.6 is 27.3 Å². The van der Waals surface area contributed by atoms with Crippen molar-refractivity contribution in [3.63, 3.8) is 0 Å². The lowest BCUT2D eigenvalue weighted by atomic mass is 10.1. The van der Waals surface area contributed by atoms with Gasteiger partial charge in [-0.2, -0.15) is 0 Å². The topological polar surface area (TPSA) is 33.4 Å². The number of rotatable bonds is 3. The Balaban J connectivity index is 2.06. The summed E-state index contributed by atoms with van der Waals surface area (Å²) >= 11 is 4.95. The summed E-state index contributed by atoms with van der Waals surface area (Å²) in [5.74, 6) is 0. The SMILES string of the molecule is OC(Cc1ccoc1)c1csc(Br)c1. The van der Waals surface area contributed by atoms with Gasteiger partial charge in [-0.3, -0.25) is 0 Å². The highest BCUT2D eigenvalue weighted by atomic mass is 79.9. The molecule has 0 fully saturated rings. The van der Waals surface area contributed by atoms with Gasteiger partial charge < -0.3 is 9.52 Å². The number of halogens is 1. The first kappa shape index (κ1) is 9.96. The van der Waals surface area contributed by atoms with Crippen molar-refractivity contribution >= 4 is 27.3 Å². The fourth-order valence-electron chi connectivity index (χ4n) is 1.25. The van der Waals surface area contributed by atoms with E-state index in [0.29, 0.717) is 6.42 Å². The highest BCUT2D eigenvalue weighted by Gasteiger charge is 2.10. The molecule has 2 heterocycles. The summed E-state index contributed by atoms with van der Waals surface area (Å²) < 4.78 is 5.98. The molecule has 4 heteroatoms. The van der Waals surface area contributed by atoms with E-state index in [1.54, 1.807) is 23.9 Å². The molecule has 0 spiro atoms. The Labute approximate surface area is 94.3 Å². The fourth-order valence-corrected chi connectivity index (χ4v) is 2.47. The van der Waals surface area contributed by atoms with Gasteiger partial charge in [-0.15, -0.1) is 11.3 Å². The van der Waals surface area contributed by atoms with Gasteiger partial charge in [0, 0.05) is 6.42 Å². The zero-order chi connectivity index (χ0) is 9.97. The summed E-state index contributed by atoms with van der Waals surface area (Å²) in [4.78, 5) is 0. The average Bonchev–Trinajstić information content (AvgIpc) is 2.75. The van der Waals surface area contributed by atoms with E-state index >= 15 is 0 Å². The normalized spacial score (nSPS) is 13.0. The molecule has 2 aromatic rings. The molecule has 14 heavy (non-hydrogen) atoms. The third-order valence-corrected chi connectivity index (χ3v) is 3.50. The Morgan fingerprint density at radius 1 is 1.57 bits per heavy atom. The molecule has 2 aromatic heterocycles. The van der Waals surface area contributed by atoms with Crippen LogP contribution in [0.4, 0.5) is 0 Å². The first-order chi connectivity index (χ1) is 6.75. The Hall–Kier alpha value is -0.580. The van der Waals surface area contributed by atoms with Crippen LogP contribution in [0.25, 0.3) is 0 Å². The van der Waals surface area contributed by atoms with Crippen LogP contribution in [-0.2, 0) is 6.42 Å². The van der Waals surface area contributed by atoms with Crippen molar-refractivity contribution in [2.75, 3.05) is 0 Å². The lowest BCUT2D eigenvalue weighted by Gasteiger charge is -2.05. The third-order valence-electron chi connectivity index (χ3n) is 1.98. The largest absolute Gasteiger partial charge is 0.472 e. The molecular formula is C10H9BrO2S. The molecular weight excluding hydrogens is 264 g/mol. The number of aliphatic hydroxyl groups is 1. The summed E-state index contributed by atoms with van der Waals surface area (Å²) in [5, 5.41) is 11.8. The smallest absolute Gasteiger partial charge is 0.0935 e. The predicted molar refractivity (Wildman–Crippen MR) is 59.4 cm³/mol. The average molecular weight is 273 g/mol. The quantitative estimate of drug-likeness (QED) is 0.930. The summed E-state index contributed by atoms with van der Waals surface area (Å²) in [7, 11) is 0. The van der Waals surface area contributed by atoms with Gasteiger partial charge in [0.15, 0.2) is 0 Å². The lowest BCUT2D eigenvalue weighted by molar-refractivity contribution is 0.178. The molecule has 0 bridgehead atoms. The van der Waals surface area contributed by atoms with Gasteiger partial charge >= 0.3 is 0 Å². The van der Waals surface area contributed by atoms with Crippen LogP contribution in [0.15, 0.2) is 38.2 Å². The Bertz CT molecular complexity index is 394. The lowest BCUT2D eigenvalue weighted by Crippen LogP contribution is -1.98. The first-order valence-electron chi connectivity index (χ1n) is 4.19. The third kappa shape index (κ3) is 2.26. The second-order valence-electron chi connectivity index (χ2n) is 3.04.